The summed E-state index contributed by atoms with van der Waals surface area (Å²) in [5, 5.41) is 11.5. The van der Waals surface area contributed by atoms with Gasteiger partial charge in [0.2, 0.25) is 5.91 Å². The van der Waals surface area contributed by atoms with Crippen molar-refractivity contribution >= 4 is 5.91 Å². The van der Waals surface area contributed by atoms with E-state index in [1.807, 2.05) is 61.0 Å². The van der Waals surface area contributed by atoms with E-state index in [9.17, 15) is 4.79 Å². The molecule has 0 saturated carbocycles. The van der Waals surface area contributed by atoms with Crippen molar-refractivity contribution in [3.8, 4) is 0 Å². The molecule has 1 N–H and O–H groups in total. The summed E-state index contributed by atoms with van der Waals surface area (Å²) in [6, 6.07) is 13.4. The van der Waals surface area contributed by atoms with E-state index >= 15 is 0 Å². The molecule has 0 aliphatic carbocycles. The summed E-state index contributed by atoms with van der Waals surface area (Å²) in [4.78, 5) is 16.5. The second-order valence-corrected chi connectivity index (χ2v) is 5.93. The Morgan fingerprint density at radius 3 is 2.48 bits per heavy atom. The largest absolute Gasteiger partial charge is 0.342 e. The minimum atomic E-state index is -0.322. The minimum absolute atomic E-state index is 0.0219. The number of benzene rings is 1. The topological polar surface area (TPSA) is 72.7 Å². The lowest BCUT2D eigenvalue weighted by atomic mass is 10.1. The van der Waals surface area contributed by atoms with Gasteiger partial charge in [-0.15, -0.1) is 10.2 Å². The van der Waals surface area contributed by atoms with Crippen LogP contribution in [0.1, 0.15) is 35.2 Å². The third kappa shape index (κ3) is 4.09. The van der Waals surface area contributed by atoms with Gasteiger partial charge in [0.1, 0.15) is 11.9 Å². The van der Waals surface area contributed by atoms with Crippen LogP contribution < -0.4 is 5.32 Å². The normalized spacial score (nSPS) is 11.9. The monoisotopic (exact) mass is 335 g/mol. The van der Waals surface area contributed by atoms with Crippen molar-refractivity contribution in [1.29, 1.82) is 0 Å². The quantitative estimate of drug-likeness (QED) is 0.750. The summed E-state index contributed by atoms with van der Waals surface area (Å²) in [7, 11) is 1.91. The third-order valence-electron chi connectivity index (χ3n) is 4.21. The summed E-state index contributed by atoms with van der Waals surface area (Å²) >= 11 is 0. The maximum absolute atomic E-state index is 12.5. The lowest BCUT2D eigenvalue weighted by Gasteiger charge is -2.18. The van der Waals surface area contributed by atoms with Crippen molar-refractivity contribution in [2.45, 2.75) is 25.8 Å². The standard InChI is InChI=1S/C19H21N5O/c1-14-22-23-19(24(14)2)18(16-6-4-3-5-7-16)21-17(25)9-8-15-10-12-20-13-11-15/h3-7,10-13,18H,8-9H2,1-2H3,(H,21,25). The van der Waals surface area contributed by atoms with Gasteiger partial charge >= 0.3 is 0 Å². The van der Waals surface area contributed by atoms with E-state index in [0.717, 1.165) is 22.8 Å². The average molecular weight is 335 g/mol. The number of nitrogens with zero attached hydrogens (tertiary/aromatic N) is 4. The highest BCUT2D eigenvalue weighted by molar-refractivity contribution is 5.77. The second-order valence-electron chi connectivity index (χ2n) is 5.93. The summed E-state index contributed by atoms with van der Waals surface area (Å²) < 4.78 is 1.90. The molecule has 6 nitrogen and oxygen atoms in total. The number of aromatic nitrogens is 4. The molecular formula is C19H21N5O. The Bertz CT molecular complexity index is 830. The predicted molar refractivity (Wildman–Crippen MR) is 94.7 cm³/mol. The van der Waals surface area contributed by atoms with Crippen molar-refractivity contribution < 1.29 is 4.79 Å². The van der Waals surface area contributed by atoms with E-state index in [-0.39, 0.29) is 11.9 Å². The van der Waals surface area contributed by atoms with E-state index in [2.05, 4.69) is 20.5 Å². The molecule has 0 spiro atoms. The van der Waals surface area contributed by atoms with Crippen molar-refractivity contribution in [2.75, 3.05) is 0 Å². The Morgan fingerprint density at radius 1 is 1.12 bits per heavy atom. The zero-order valence-electron chi connectivity index (χ0n) is 14.4. The van der Waals surface area contributed by atoms with Crippen LogP contribution in [0.15, 0.2) is 54.9 Å². The van der Waals surface area contributed by atoms with E-state index in [1.165, 1.54) is 0 Å². The van der Waals surface area contributed by atoms with Crippen molar-refractivity contribution in [1.82, 2.24) is 25.1 Å². The smallest absolute Gasteiger partial charge is 0.221 e. The first-order chi connectivity index (χ1) is 12.1. The molecule has 0 aliphatic rings. The zero-order valence-corrected chi connectivity index (χ0v) is 14.4. The Balaban J connectivity index is 1.76. The highest BCUT2D eigenvalue weighted by Gasteiger charge is 2.22. The van der Waals surface area contributed by atoms with Crippen LogP contribution in [0, 0.1) is 6.92 Å². The van der Waals surface area contributed by atoms with Crippen LogP contribution in [-0.4, -0.2) is 25.7 Å². The molecule has 0 aliphatic heterocycles. The van der Waals surface area contributed by atoms with E-state index in [0.29, 0.717) is 12.8 Å². The molecule has 1 atom stereocenters. The number of pyridine rings is 1. The van der Waals surface area contributed by atoms with Crippen LogP contribution in [0.5, 0.6) is 0 Å². The van der Waals surface area contributed by atoms with Crippen LogP contribution >= 0.6 is 0 Å². The molecule has 0 fully saturated rings. The first-order valence-electron chi connectivity index (χ1n) is 8.24. The Hall–Kier alpha value is -3.02. The number of hydrogen-bond donors (Lipinski definition) is 1. The number of rotatable bonds is 6. The highest BCUT2D eigenvalue weighted by Crippen LogP contribution is 2.20. The average Bonchev–Trinajstić information content (AvgIpc) is 2.98. The van der Waals surface area contributed by atoms with E-state index in [4.69, 9.17) is 0 Å². The predicted octanol–water partition coefficient (Wildman–Crippen LogP) is 2.36. The second kappa shape index (κ2) is 7.70. The number of aryl methyl sites for hydroxylation is 2. The molecule has 3 rings (SSSR count). The van der Waals surface area contributed by atoms with Gasteiger partial charge in [0.15, 0.2) is 5.82 Å². The van der Waals surface area contributed by atoms with Gasteiger partial charge in [0.25, 0.3) is 0 Å². The van der Waals surface area contributed by atoms with Gasteiger partial charge in [-0.1, -0.05) is 30.3 Å². The van der Waals surface area contributed by atoms with Gasteiger partial charge in [-0.3, -0.25) is 9.78 Å². The van der Waals surface area contributed by atoms with Crippen LogP contribution in [0.25, 0.3) is 0 Å². The first kappa shape index (κ1) is 16.8. The highest BCUT2D eigenvalue weighted by atomic mass is 16.1. The van der Waals surface area contributed by atoms with Crippen LogP contribution in [0.3, 0.4) is 0 Å². The summed E-state index contributed by atoms with van der Waals surface area (Å²) in [5.74, 6) is 1.51. The molecule has 2 aromatic heterocycles. The summed E-state index contributed by atoms with van der Waals surface area (Å²) in [5.41, 5.74) is 2.08. The van der Waals surface area contributed by atoms with Crippen LogP contribution in [0.4, 0.5) is 0 Å². The molecule has 1 unspecified atom stereocenters. The fourth-order valence-electron chi connectivity index (χ4n) is 2.66. The minimum Gasteiger partial charge on any atom is -0.342 e. The number of carbonyl (C=O) groups is 1. The molecule has 6 heteroatoms. The number of hydrogen-bond acceptors (Lipinski definition) is 4. The van der Waals surface area contributed by atoms with Gasteiger partial charge in [-0.25, -0.2) is 0 Å². The Morgan fingerprint density at radius 2 is 1.84 bits per heavy atom. The lowest BCUT2D eigenvalue weighted by Crippen LogP contribution is -2.31. The van der Waals surface area contributed by atoms with E-state index in [1.54, 1.807) is 12.4 Å². The molecule has 0 bridgehead atoms. The summed E-state index contributed by atoms with van der Waals surface area (Å²) in [6.45, 7) is 1.89. The fraction of sp³-hybridized carbons (Fsp3) is 0.263. The number of nitrogens with one attached hydrogen (secondary N) is 1. The molecule has 3 aromatic rings. The van der Waals surface area contributed by atoms with Gasteiger partial charge in [-0.2, -0.15) is 0 Å². The summed E-state index contributed by atoms with van der Waals surface area (Å²) in [6.07, 6.45) is 4.56. The van der Waals surface area contributed by atoms with Crippen LogP contribution in [-0.2, 0) is 18.3 Å². The van der Waals surface area contributed by atoms with Gasteiger partial charge < -0.3 is 9.88 Å². The van der Waals surface area contributed by atoms with Crippen molar-refractivity contribution in [3.63, 3.8) is 0 Å². The van der Waals surface area contributed by atoms with Crippen LogP contribution in [0.2, 0.25) is 0 Å². The SMILES string of the molecule is Cc1nnc(C(NC(=O)CCc2ccncc2)c2ccccc2)n1C. The molecule has 1 aromatic carbocycles. The van der Waals surface area contributed by atoms with Gasteiger partial charge in [-0.05, 0) is 36.6 Å². The van der Waals surface area contributed by atoms with Gasteiger partial charge in [0, 0.05) is 25.9 Å². The fourth-order valence-corrected chi connectivity index (χ4v) is 2.66. The molecular weight excluding hydrogens is 314 g/mol. The number of amides is 1. The Labute approximate surface area is 146 Å². The van der Waals surface area contributed by atoms with Crippen molar-refractivity contribution in [3.05, 3.63) is 77.6 Å². The molecule has 2 heterocycles. The van der Waals surface area contributed by atoms with E-state index < -0.39 is 0 Å². The van der Waals surface area contributed by atoms with Gasteiger partial charge in [0.05, 0.1) is 0 Å². The maximum Gasteiger partial charge on any atom is 0.221 e. The molecule has 0 radical (unpaired) electrons. The Kier molecular flexibility index (Phi) is 5.18. The zero-order chi connectivity index (χ0) is 17.6. The first-order valence-corrected chi connectivity index (χ1v) is 8.24. The third-order valence-corrected chi connectivity index (χ3v) is 4.21. The lowest BCUT2D eigenvalue weighted by molar-refractivity contribution is -0.121. The molecule has 25 heavy (non-hydrogen) atoms. The number of carbonyl (C=O) groups excluding carboxylic acids is 1. The van der Waals surface area contributed by atoms with Crippen molar-refractivity contribution in [2.24, 2.45) is 7.05 Å². The molecule has 0 saturated heterocycles. The molecule has 128 valence electrons. The maximum atomic E-state index is 12.5. The molecule has 1 amide bonds.